The van der Waals surface area contributed by atoms with Gasteiger partial charge in [0.1, 0.15) is 0 Å². The fraction of sp³-hybridized carbons (Fsp3) is 0. The zero-order chi connectivity index (χ0) is 4.50. The van der Waals surface area contributed by atoms with Gasteiger partial charge in [-0.1, -0.05) is 0 Å². The van der Waals surface area contributed by atoms with Gasteiger partial charge in [0.25, 0.3) is 0 Å². The first-order valence-electron chi connectivity index (χ1n) is 0.667. The first-order valence-corrected chi connectivity index (χ1v) is 3.46. The Morgan fingerprint density at radius 2 is 1.14 bits per heavy atom. The minimum absolute atomic E-state index is 0. The van der Waals surface area contributed by atoms with Gasteiger partial charge in [-0.05, 0) is 0 Å². The molecule has 0 aliphatic carbocycles. The maximum absolute atomic E-state index is 8.59. The average Bonchev–Trinajstić information content (AvgIpc) is 0.722. The molecule has 0 saturated heterocycles. The Morgan fingerprint density at radius 3 is 1.14 bits per heavy atom. The summed E-state index contributed by atoms with van der Waals surface area (Å²) in [6.07, 6.45) is 0. The number of hydrogen-bond acceptors (Lipinski definition) is 4. The van der Waals surface area contributed by atoms with E-state index in [1.807, 2.05) is 0 Å². The van der Waals surface area contributed by atoms with Gasteiger partial charge in [0, 0.05) is 0 Å². The summed E-state index contributed by atoms with van der Waals surface area (Å²) in [4.78, 5) is 0. The van der Waals surface area contributed by atoms with E-state index in [1.54, 1.807) is 0 Å². The van der Waals surface area contributed by atoms with E-state index in [2.05, 4.69) is 0 Å². The molecule has 0 heterocycles. The Morgan fingerprint density at radius 1 is 1.14 bits per heavy atom. The van der Waals surface area contributed by atoms with Gasteiger partial charge in [0.05, 0.1) is 0 Å². The van der Waals surface area contributed by atoms with E-state index in [0.717, 1.165) is 0 Å². The van der Waals surface area contributed by atoms with Crippen molar-refractivity contribution in [2.24, 2.45) is 0 Å². The van der Waals surface area contributed by atoms with Crippen molar-refractivity contribution in [1.82, 2.24) is 0 Å². The molecule has 0 bridgehead atoms. The third-order valence-corrected chi connectivity index (χ3v) is 0. The quantitative estimate of drug-likeness (QED) is 0.369. The van der Waals surface area contributed by atoms with Crippen LogP contribution < -0.4 is 59.8 Å². The van der Waals surface area contributed by atoms with Crippen molar-refractivity contribution in [2.45, 2.75) is 0 Å². The largest absolute Gasteiger partial charge is 2.00 e. The molecule has 0 rings (SSSR count). The zero-order valence-corrected chi connectivity index (χ0v) is 10.00. The van der Waals surface area contributed by atoms with Gasteiger partial charge in [-0.25, -0.2) is 0 Å². The molecule has 0 spiro atoms. The van der Waals surface area contributed by atoms with E-state index in [1.165, 1.54) is 0 Å². The maximum Gasteiger partial charge on any atom is 2.00 e. The van der Waals surface area contributed by atoms with Gasteiger partial charge in [0.15, 0.2) is 0 Å². The van der Waals surface area contributed by atoms with Crippen molar-refractivity contribution in [2.75, 3.05) is 0 Å². The molecular formula is KMgO4Se+. The van der Waals surface area contributed by atoms with E-state index in [0.29, 0.717) is 0 Å². The summed E-state index contributed by atoms with van der Waals surface area (Å²) in [5, 5.41) is 0. The Bertz CT molecular complexity index is 94.9. The van der Waals surface area contributed by atoms with E-state index in [4.69, 9.17) is 16.0 Å². The van der Waals surface area contributed by atoms with Crippen LogP contribution >= 0.6 is 0 Å². The second kappa shape index (κ2) is 6.56. The second-order valence-electron chi connectivity index (χ2n) is 0.408. The van der Waals surface area contributed by atoms with Crippen molar-refractivity contribution < 1.29 is 67.4 Å². The molecule has 4 nitrogen and oxygen atoms in total. The van der Waals surface area contributed by atoms with E-state index in [-0.39, 0.29) is 74.4 Å². The summed E-state index contributed by atoms with van der Waals surface area (Å²) in [5.74, 6) is 0. The van der Waals surface area contributed by atoms with Gasteiger partial charge < -0.3 is 0 Å². The number of hydrogen-bond donors (Lipinski definition) is 0. The monoisotopic (exact) mass is 207 g/mol. The molecule has 0 unspecified atom stereocenters. The Hall–Kier alpha value is 2.44. The maximum atomic E-state index is 8.59. The van der Waals surface area contributed by atoms with Gasteiger partial charge in [-0.2, -0.15) is 0 Å². The molecule has 0 N–H and O–H groups in total. The van der Waals surface area contributed by atoms with Crippen LogP contribution in [0.1, 0.15) is 0 Å². The molecule has 7 heteroatoms. The fourth-order valence-electron chi connectivity index (χ4n) is 0. The van der Waals surface area contributed by atoms with Crippen LogP contribution in [-0.4, -0.2) is 36.4 Å². The average molecular weight is 206 g/mol. The summed E-state index contributed by atoms with van der Waals surface area (Å²) in [7, 11) is 0. The third-order valence-electron chi connectivity index (χ3n) is 0. The topological polar surface area (TPSA) is 80.3 Å². The smallest absolute Gasteiger partial charge is 1.00 e. The van der Waals surface area contributed by atoms with E-state index < -0.39 is 13.4 Å². The molecule has 32 valence electrons. The minimum Gasteiger partial charge on any atom is 1.00 e. The molecule has 0 aliphatic heterocycles. The minimum atomic E-state index is -5.75. The summed E-state index contributed by atoms with van der Waals surface area (Å²) in [6, 6.07) is 0. The van der Waals surface area contributed by atoms with Gasteiger partial charge in [0.2, 0.25) is 0 Å². The van der Waals surface area contributed by atoms with E-state index >= 15 is 0 Å². The first kappa shape index (κ1) is 16.2. The Labute approximate surface area is 102 Å². The van der Waals surface area contributed by atoms with Crippen LogP contribution in [0.4, 0.5) is 0 Å². The summed E-state index contributed by atoms with van der Waals surface area (Å²) in [5.41, 5.74) is 0. The molecule has 7 heavy (non-hydrogen) atoms. The molecule has 0 aromatic carbocycles. The van der Waals surface area contributed by atoms with Crippen LogP contribution in [0.2, 0.25) is 0 Å². The van der Waals surface area contributed by atoms with Crippen LogP contribution in [0.3, 0.4) is 0 Å². The van der Waals surface area contributed by atoms with Crippen LogP contribution in [-0.2, 0) is 7.67 Å². The molecule has 0 fully saturated rings. The van der Waals surface area contributed by atoms with Crippen LogP contribution in [0, 0.1) is 0 Å². The summed E-state index contributed by atoms with van der Waals surface area (Å²) in [6.45, 7) is 0. The van der Waals surface area contributed by atoms with Crippen molar-refractivity contribution in [3.05, 3.63) is 0 Å². The summed E-state index contributed by atoms with van der Waals surface area (Å²) >= 11 is -5.75. The molecule has 0 radical (unpaired) electrons. The first-order chi connectivity index (χ1) is 2.00. The molecule has 0 aromatic rings. The van der Waals surface area contributed by atoms with E-state index in [9.17, 15) is 0 Å². The third kappa shape index (κ3) is 58.7. The fourth-order valence-corrected chi connectivity index (χ4v) is 0. The Balaban J connectivity index is -0.0000000800. The predicted molar refractivity (Wildman–Crippen MR) is 12.9 cm³/mol. The normalized spacial score (nSPS) is 8.29. The standard InChI is InChI=1S/K.Mg.H2O4Se/c;;1-5(2,3)4/h;;(H2,1,2,3,4)/q+1;+2;/p-2. The molecule has 0 amide bonds. The Kier molecular flexibility index (Phi) is 15.2. The van der Waals surface area contributed by atoms with Crippen LogP contribution in [0.15, 0.2) is 0 Å². The molecule has 0 atom stereocenters. The van der Waals surface area contributed by atoms with Crippen molar-refractivity contribution in [3.8, 4) is 0 Å². The van der Waals surface area contributed by atoms with Crippen LogP contribution in [0.25, 0.3) is 0 Å². The van der Waals surface area contributed by atoms with Crippen molar-refractivity contribution in [1.29, 1.82) is 0 Å². The molecular weight excluding hydrogens is 206 g/mol. The van der Waals surface area contributed by atoms with Crippen molar-refractivity contribution >= 4 is 36.4 Å². The summed E-state index contributed by atoms with van der Waals surface area (Å²) < 4.78 is 34.4. The zero-order valence-electron chi connectivity index (χ0n) is 3.75. The predicted octanol–water partition coefficient (Wildman–Crippen LogP) is -6.37. The SMILES string of the molecule is O=[Se](=O)([O-])[O-].[K+].[Mg+2]. The van der Waals surface area contributed by atoms with Crippen LogP contribution in [0.5, 0.6) is 0 Å². The van der Waals surface area contributed by atoms with Crippen molar-refractivity contribution in [3.63, 3.8) is 0 Å². The van der Waals surface area contributed by atoms with Gasteiger partial charge >= 0.3 is 104 Å². The second-order valence-corrected chi connectivity index (χ2v) is 2.12. The number of rotatable bonds is 0. The molecule has 0 aliphatic rings. The van der Waals surface area contributed by atoms with Gasteiger partial charge in [-0.3, -0.25) is 0 Å². The molecule has 0 saturated carbocycles. The van der Waals surface area contributed by atoms with Gasteiger partial charge in [-0.15, -0.1) is 0 Å². The molecule has 0 aromatic heterocycles.